The van der Waals surface area contributed by atoms with Gasteiger partial charge in [0.05, 0.1) is 18.0 Å². The van der Waals surface area contributed by atoms with Crippen molar-refractivity contribution >= 4 is 17.2 Å². The van der Waals surface area contributed by atoms with Crippen LogP contribution in [-0.4, -0.2) is 40.6 Å². The van der Waals surface area contributed by atoms with E-state index in [0.717, 1.165) is 17.7 Å². The topological polar surface area (TPSA) is 71.3 Å². The minimum atomic E-state index is -0.00169. The lowest BCUT2D eigenvalue weighted by Gasteiger charge is -2.15. The second kappa shape index (κ2) is 7.44. The van der Waals surface area contributed by atoms with E-state index in [9.17, 15) is 4.79 Å². The highest BCUT2D eigenvalue weighted by atomic mass is 32.1. The van der Waals surface area contributed by atoms with Gasteiger partial charge in [-0.2, -0.15) is 0 Å². The predicted molar refractivity (Wildman–Crippen MR) is 93.9 cm³/mol. The average molecular weight is 348 g/mol. The van der Waals surface area contributed by atoms with Gasteiger partial charge in [-0.25, -0.2) is 0 Å². The first-order chi connectivity index (χ1) is 11.5. The Morgan fingerprint density at radius 1 is 1.38 bits per heavy atom. The number of rotatable bonds is 6. The number of carbonyl (C=O) groups is 1. The summed E-state index contributed by atoms with van der Waals surface area (Å²) in [5, 5.41) is 11.2. The van der Waals surface area contributed by atoms with Crippen molar-refractivity contribution in [1.29, 1.82) is 0 Å². The summed E-state index contributed by atoms with van der Waals surface area (Å²) in [6.45, 7) is 4.67. The van der Waals surface area contributed by atoms with Gasteiger partial charge >= 0.3 is 0 Å². The largest absolute Gasteiger partial charge is 0.419 e. The first-order valence-corrected chi connectivity index (χ1v) is 9.25. The van der Waals surface area contributed by atoms with E-state index in [1.54, 1.807) is 11.3 Å². The van der Waals surface area contributed by atoms with Crippen molar-refractivity contribution in [3.63, 3.8) is 0 Å². The lowest BCUT2D eigenvalue weighted by atomic mass is 9.99. The van der Waals surface area contributed by atoms with Crippen molar-refractivity contribution in [2.75, 3.05) is 13.6 Å². The van der Waals surface area contributed by atoms with Crippen molar-refractivity contribution < 1.29 is 9.21 Å². The van der Waals surface area contributed by atoms with Crippen molar-refractivity contribution in [3.05, 3.63) is 22.4 Å². The third-order valence-corrected chi connectivity index (χ3v) is 5.17. The Hall–Kier alpha value is -1.73. The standard InChI is InChI=1S/C17H24N4O2S/c1-11(2)18-15(22)9-21(3)10-16-19-20-17(23-16)14-8-12-6-4-5-7-13(12)24-14/h8,11H,4-7,9-10H2,1-3H3,(H,18,22). The zero-order valence-corrected chi connectivity index (χ0v) is 15.3. The minimum Gasteiger partial charge on any atom is -0.419 e. The molecule has 0 fully saturated rings. The second-order valence-corrected chi connectivity index (χ2v) is 7.80. The van der Waals surface area contributed by atoms with Gasteiger partial charge in [-0.3, -0.25) is 9.69 Å². The van der Waals surface area contributed by atoms with E-state index in [0.29, 0.717) is 24.9 Å². The number of thiophene rings is 1. The van der Waals surface area contributed by atoms with E-state index >= 15 is 0 Å². The molecule has 0 atom stereocenters. The normalized spacial score (nSPS) is 14.2. The highest BCUT2D eigenvalue weighted by Gasteiger charge is 2.18. The Bertz CT molecular complexity index is 684. The molecule has 2 aromatic heterocycles. The van der Waals surface area contributed by atoms with Gasteiger partial charge in [0.1, 0.15) is 0 Å². The minimum absolute atomic E-state index is 0.00169. The second-order valence-electron chi connectivity index (χ2n) is 6.66. The number of aryl methyl sites for hydroxylation is 2. The van der Waals surface area contributed by atoms with Gasteiger partial charge < -0.3 is 9.73 Å². The molecule has 2 aromatic rings. The summed E-state index contributed by atoms with van der Waals surface area (Å²) in [5.74, 6) is 1.12. The zero-order valence-electron chi connectivity index (χ0n) is 14.5. The molecule has 0 unspecified atom stereocenters. The fraction of sp³-hybridized carbons (Fsp3) is 0.588. The first kappa shape index (κ1) is 17.1. The van der Waals surface area contributed by atoms with E-state index < -0.39 is 0 Å². The van der Waals surface area contributed by atoms with Gasteiger partial charge in [-0.15, -0.1) is 21.5 Å². The molecule has 1 amide bonds. The third kappa shape index (κ3) is 4.21. The number of likely N-dealkylation sites (N-methyl/N-ethyl adjacent to an activating group) is 1. The number of aromatic nitrogens is 2. The van der Waals surface area contributed by atoms with Crippen molar-refractivity contribution in [2.24, 2.45) is 0 Å². The van der Waals surface area contributed by atoms with Crippen LogP contribution < -0.4 is 5.32 Å². The van der Waals surface area contributed by atoms with Crippen LogP contribution in [0.2, 0.25) is 0 Å². The Balaban J connectivity index is 1.61. The highest BCUT2D eigenvalue weighted by Crippen LogP contribution is 2.35. The molecule has 0 saturated carbocycles. The zero-order chi connectivity index (χ0) is 17.1. The molecule has 3 rings (SSSR count). The Labute approximate surface area is 146 Å². The van der Waals surface area contributed by atoms with Crippen LogP contribution in [-0.2, 0) is 24.2 Å². The number of hydrogen-bond acceptors (Lipinski definition) is 6. The summed E-state index contributed by atoms with van der Waals surface area (Å²) in [5.41, 5.74) is 1.43. The van der Waals surface area contributed by atoms with Crippen LogP contribution in [0.25, 0.3) is 10.8 Å². The van der Waals surface area contributed by atoms with E-state index in [-0.39, 0.29) is 11.9 Å². The van der Waals surface area contributed by atoms with Gasteiger partial charge in [-0.05, 0) is 58.2 Å². The molecular weight excluding hydrogens is 324 g/mol. The van der Waals surface area contributed by atoms with Gasteiger partial charge in [0, 0.05) is 10.9 Å². The Kier molecular flexibility index (Phi) is 5.30. The van der Waals surface area contributed by atoms with Crippen LogP contribution in [0.1, 0.15) is 43.0 Å². The molecule has 0 bridgehead atoms. The maximum Gasteiger partial charge on any atom is 0.257 e. The molecule has 1 aliphatic rings. The summed E-state index contributed by atoms with van der Waals surface area (Å²) in [7, 11) is 1.87. The molecule has 0 aromatic carbocycles. The summed E-state index contributed by atoms with van der Waals surface area (Å²) in [4.78, 5) is 16.2. The monoisotopic (exact) mass is 348 g/mol. The van der Waals surface area contributed by atoms with Crippen LogP contribution in [0.5, 0.6) is 0 Å². The Morgan fingerprint density at radius 3 is 2.92 bits per heavy atom. The van der Waals surface area contributed by atoms with Crippen LogP contribution in [0.3, 0.4) is 0 Å². The number of nitrogens with one attached hydrogen (secondary N) is 1. The third-order valence-electron chi connectivity index (χ3n) is 3.94. The molecule has 6 nitrogen and oxygen atoms in total. The molecule has 0 radical (unpaired) electrons. The van der Waals surface area contributed by atoms with Crippen LogP contribution in [0.15, 0.2) is 10.5 Å². The van der Waals surface area contributed by atoms with E-state index in [1.165, 1.54) is 23.3 Å². The maximum atomic E-state index is 11.8. The molecule has 130 valence electrons. The maximum absolute atomic E-state index is 11.8. The molecule has 7 heteroatoms. The molecule has 24 heavy (non-hydrogen) atoms. The number of carbonyl (C=O) groups excluding carboxylic acids is 1. The lowest BCUT2D eigenvalue weighted by molar-refractivity contribution is -0.122. The summed E-state index contributed by atoms with van der Waals surface area (Å²) in [6.07, 6.45) is 4.85. The number of hydrogen-bond donors (Lipinski definition) is 1. The highest BCUT2D eigenvalue weighted by molar-refractivity contribution is 7.15. The lowest BCUT2D eigenvalue weighted by Crippen LogP contribution is -2.38. The Morgan fingerprint density at radius 2 is 2.17 bits per heavy atom. The fourth-order valence-electron chi connectivity index (χ4n) is 2.91. The molecular formula is C17H24N4O2S. The van der Waals surface area contributed by atoms with Crippen molar-refractivity contribution in [2.45, 2.75) is 52.1 Å². The molecule has 2 heterocycles. The van der Waals surface area contributed by atoms with Crippen molar-refractivity contribution in [1.82, 2.24) is 20.4 Å². The van der Waals surface area contributed by atoms with Gasteiger partial charge in [0.25, 0.3) is 5.89 Å². The average Bonchev–Trinajstić information content (AvgIpc) is 3.11. The summed E-state index contributed by atoms with van der Waals surface area (Å²) in [6, 6.07) is 2.33. The van der Waals surface area contributed by atoms with E-state index in [2.05, 4.69) is 21.6 Å². The molecule has 0 spiro atoms. The number of fused-ring (bicyclic) bond motifs is 1. The molecule has 0 aliphatic heterocycles. The van der Waals surface area contributed by atoms with Crippen LogP contribution in [0, 0.1) is 0 Å². The SMILES string of the molecule is CC(C)NC(=O)CN(C)Cc1nnc(-c2cc3c(s2)CCCC3)o1. The number of nitrogens with zero attached hydrogens (tertiary/aromatic N) is 3. The van der Waals surface area contributed by atoms with Gasteiger partial charge in [-0.1, -0.05) is 0 Å². The molecule has 1 N–H and O–H groups in total. The predicted octanol–water partition coefficient (Wildman–Crippen LogP) is 2.63. The van der Waals surface area contributed by atoms with Crippen LogP contribution >= 0.6 is 11.3 Å². The quantitative estimate of drug-likeness (QED) is 0.869. The van der Waals surface area contributed by atoms with Gasteiger partial charge in [0.15, 0.2) is 0 Å². The molecule has 1 aliphatic carbocycles. The van der Waals surface area contributed by atoms with Crippen molar-refractivity contribution in [3.8, 4) is 10.8 Å². The first-order valence-electron chi connectivity index (χ1n) is 8.43. The van der Waals surface area contributed by atoms with Gasteiger partial charge in [0.2, 0.25) is 11.8 Å². The smallest absolute Gasteiger partial charge is 0.257 e. The fourth-order valence-corrected chi connectivity index (χ4v) is 4.09. The van der Waals surface area contributed by atoms with Crippen LogP contribution in [0.4, 0.5) is 0 Å². The van der Waals surface area contributed by atoms with E-state index in [4.69, 9.17) is 4.42 Å². The van der Waals surface area contributed by atoms with E-state index in [1.807, 2.05) is 25.8 Å². The molecule has 0 saturated heterocycles. The summed E-state index contributed by atoms with van der Waals surface area (Å²) < 4.78 is 5.80. The summed E-state index contributed by atoms with van der Waals surface area (Å²) >= 11 is 1.76. The number of amides is 1.